The van der Waals surface area contributed by atoms with E-state index in [1.165, 1.54) is 0 Å². The van der Waals surface area contributed by atoms with E-state index in [4.69, 9.17) is 19.2 Å². The fourth-order valence-corrected chi connectivity index (χ4v) is 0. The minimum absolute atomic E-state index is 0. The quantitative estimate of drug-likeness (QED) is 0.249. The fraction of sp³-hybridized carbons (Fsp3) is 0. The molecule has 0 saturated heterocycles. The van der Waals surface area contributed by atoms with Crippen molar-refractivity contribution in [2.45, 2.75) is 0 Å². The molecule has 0 amide bonds. The zero-order chi connectivity index (χ0) is 4.50. The van der Waals surface area contributed by atoms with Gasteiger partial charge in [-0.2, -0.15) is 0 Å². The van der Waals surface area contributed by atoms with Gasteiger partial charge in [-0.05, 0) is 0 Å². The van der Waals surface area contributed by atoms with E-state index in [-0.39, 0.29) is 37.6 Å². The fourth-order valence-electron chi connectivity index (χ4n) is 0. The van der Waals surface area contributed by atoms with Crippen LogP contribution in [0.1, 0.15) is 1.43 Å². The maximum absolute atomic E-state index is 8.88. The molecule has 0 unspecified atom stereocenters. The Balaban J connectivity index is -0.0000000267. The van der Waals surface area contributed by atoms with Crippen LogP contribution in [0, 0.1) is 0 Å². The number of rotatable bonds is 0. The van der Waals surface area contributed by atoms with E-state index in [1.54, 1.807) is 0 Å². The van der Waals surface area contributed by atoms with Crippen LogP contribution >= 0.6 is 7.82 Å². The van der Waals surface area contributed by atoms with E-state index in [2.05, 4.69) is 0 Å². The van der Waals surface area contributed by atoms with Gasteiger partial charge >= 0.3 is 26.7 Å². The van der Waals surface area contributed by atoms with Crippen LogP contribution in [0.5, 0.6) is 0 Å². The summed E-state index contributed by atoms with van der Waals surface area (Å²) in [6.07, 6.45) is 0. The molecule has 0 bridgehead atoms. The molecule has 0 aromatic heterocycles. The first-order chi connectivity index (χ1) is 2.00. The van der Waals surface area contributed by atoms with E-state index in [0.717, 1.165) is 0 Å². The second kappa shape index (κ2) is 5.38. The number of hydrogen-bond acceptors (Lipinski definition) is 1. The van der Waals surface area contributed by atoms with Crippen molar-refractivity contribution in [3.63, 3.8) is 0 Å². The van der Waals surface area contributed by atoms with Gasteiger partial charge < -0.3 is 16.1 Å². The Kier molecular flexibility index (Phi) is 12.1. The average Bonchev–Trinajstić information content (AvgIpc) is 0.722. The van der Waals surface area contributed by atoms with Crippen LogP contribution in [0.3, 0.4) is 0 Å². The zero-order valence-corrected chi connectivity index (χ0v) is 5.77. The summed E-state index contributed by atoms with van der Waals surface area (Å²) >= 11 is 0. The van der Waals surface area contributed by atoms with Crippen molar-refractivity contribution in [1.29, 1.82) is 0 Å². The van der Waals surface area contributed by atoms with Crippen LogP contribution in [-0.2, 0) is 21.9 Å². The van der Waals surface area contributed by atoms with Crippen LogP contribution in [0.25, 0.3) is 0 Å². The van der Waals surface area contributed by atoms with Crippen molar-refractivity contribution < 1.29 is 56.9 Å². The molecule has 0 aromatic carbocycles. The minimum Gasteiger partial charge on any atom is -1.00 e. The first-order valence-corrected chi connectivity index (χ1v) is 2.35. The SMILES string of the molecule is O=P(O)(O)O.[Cr].[H-].[Li+]. The van der Waals surface area contributed by atoms with Crippen LogP contribution in [0.2, 0.25) is 0 Å². The van der Waals surface area contributed by atoms with Crippen LogP contribution in [0.4, 0.5) is 0 Å². The van der Waals surface area contributed by atoms with E-state index in [1.807, 2.05) is 0 Å². The molecule has 3 N–H and O–H groups in total. The van der Waals surface area contributed by atoms with Gasteiger partial charge in [0.15, 0.2) is 0 Å². The summed E-state index contributed by atoms with van der Waals surface area (Å²) in [7, 11) is -4.64. The molecule has 7 heteroatoms. The summed E-state index contributed by atoms with van der Waals surface area (Å²) in [6.45, 7) is 0. The van der Waals surface area contributed by atoms with Gasteiger partial charge in [-0.3, -0.25) is 0 Å². The summed E-state index contributed by atoms with van der Waals surface area (Å²) < 4.78 is 8.88. The molecule has 0 aliphatic rings. The van der Waals surface area contributed by atoms with Crippen molar-refractivity contribution in [3.05, 3.63) is 0 Å². The molecule has 0 rings (SSSR count). The molecule has 40 valence electrons. The molecule has 0 aromatic rings. The zero-order valence-electron chi connectivity index (χ0n) is 4.61. The number of hydrogen-bond donors (Lipinski definition) is 3. The van der Waals surface area contributed by atoms with Crippen molar-refractivity contribution in [1.82, 2.24) is 0 Å². The smallest absolute Gasteiger partial charge is 1.00 e. The van der Waals surface area contributed by atoms with Crippen molar-refractivity contribution >= 4 is 7.82 Å². The Morgan fingerprint density at radius 2 is 1.29 bits per heavy atom. The molecular weight excluding hydrogens is 154 g/mol. The van der Waals surface area contributed by atoms with Gasteiger partial charge in [0.1, 0.15) is 0 Å². The average molecular weight is 158 g/mol. The molecule has 0 heterocycles. The largest absolute Gasteiger partial charge is 1.00 e. The molecular formula is H4CrLiO4P. The summed E-state index contributed by atoms with van der Waals surface area (Å²) in [5, 5.41) is 0. The third-order valence-corrected chi connectivity index (χ3v) is 0. The van der Waals surface area contributed by atoms with Crippen LogP contribution in [0.15, 0.2) is 0 Å². The van der Waals surface area contributed by atoms with Crippen molar-refractivity contribution in [2.75, 3.05) is 0 Å². The maximum atomic E-state index is 8.88. The maximum Gasteiger partial charge on any atom is 1.00 e. The molecule has 0 radical (unpaired) electrons. The van der Waals surface area contributed by atoms with Gasteiger partial charge in [0.25, 0.3) is 0 Å². The molecule has 0 atom stereocenters. The molecule has 0 fully saturated rings. The van der Waals surface area contributed by atoms with Crippen molar-refractivity contribution in [3.8, 4) is 0 Å². The molecule has 4 nitrogen and oxygen atoms in total. The van der Waals surface area contributed by atoms with E-state index in [0.29, 0.717) is 0 Å². The Morgan fingerprint density at radius 1 is 1.29 bits per heavy atom. The van der Waals surface area contributed by atoms with Crippen LogP contribution < -0.4 is 18.9 Å². The standard InChI is InChI=1S/Cr.Li.H3O4P.H/c;;1-5(2,3)4;/h;;(H3,1,2,3,4);/q;+1;;-1. The van der Waals surface area contributed by atoms with Crippen LogP contribution in [-0.4, -0.2) is 14.7 Å². The molecule has 7 heavy (non-hydrogen) atoms. The molecule has 0 aliphatic carbocycles. The van der Waals surface area contributed by atoms with Gasteiger partial charge in [0.05, 0.1) is 0 Å². The second-order valence-corrected chi connectivity index (χ2v) is 1.54. The molecule has 0 saturated carbocycles. The number of phosphoric acid groups is 1. The predicted molar refractivity (Wildman–Crippen MR) is 15.4 cm³/mol. The first-order valence-electron chi connectivity index (χ1n) is 0.783. The second-order valence-electron chi connectivity index (χ2n) is 0.513. The Hall–Kier alpha value is 1.24. The van der Waals surface area contributed by atoms with Gasteiger partial charge in [0, 0.05) is 17.4 Å². The van der Waals surface area contributed by atoms with Gasteiger partial charge in [-0.1, -0.05) is 0 Å². The molecule has 0 aliphatic heterocycles. The van der Waals surface area contributed by atoms with Gasteiger partial charge in [-0.25, -0.2) is 4.57 Å². The Morgan fingerprint density at radius 3 is 1.29 bits per heavy atom. The Bertz CT molecular complexity index is 62.2. The summed E-state index contributed by atoms with van der Waals surface area (Å²) in [5.41, 5.74) is 0. The predicted octanol–water partition coefficient (Wildman–Crippen LogP) is -3.81. The minimum atomic E-state index is -4.64. The van der Waals surface area contributed by atoms with Gasteiger partial charge in [-0.15, -0.1) is 0 Å². The first kappa shape index (κ1) is 15.7. The Labute approximate surface area is 65.0 Å². The summed E-state index contributed by atoms with van der Waals surface area (Å²) in [6, 6.07) is 0. The topological polar surface area (TPSA) is 77.8 Å². The normalized spacial score (nSPS) is 8.43. The molecule has 0 spiro atoms. The monoisotopic (exact) mass is 158 g/mol. The van der Waals surface area contributed by atoms with Gasteiger partial charge in [0.2, 0.25) is 0 Å². The van der Waals surface area contributed by atoms with E-state index in [9.17, 15) is 0 Å². The van der Waals surface area contributed by atoms with Crippen molar-refractivity contribution in [2.24, 2.45) is 0 Å². The third-order valence-electron chi connectivity index (χ3n) is 0. The van der Waals surface area contributed by atoms with E-state index >= 15 is 0 Å². The van der Waals surface area contributed by atoms with E-state index < -0.39 is 7.82 Å². The summed E-state index contributed by atoms with van der Waals surface area (Å²) in [5.74, 6) is 0. The third kappa shape index (κ3) is 129. The summed E-state index contributed by atoms with van der Waals surface area (Å²) in [4.78, 5) is 21.6.